The number of carbonyl (C=O) groups excluding carboxylic acids is 1. The molecule has 0 fully saturated rings. The molecule has 18 heavy (non-hydrogen) atoms. The Labute approximate surface area is 107 Å². The number of rotatable bonds is 5. The number of aliphatic carboxylic acids is 1. The minimum Gasteiger partial charge on any atom is -0.481 e. The van der Waals surface area contributed by atoms with E-state index in [-0.39, 0.29) is 18.7 Å². The van der Waals surface area contributed by atoms with E-state index in [1.165, 1.54) is 5.56 Å². The molecule has 98 valence electrons. The number of nitrogens with zero attached hydrogens (tertiary/aromatic N) is 1. The lowest BCUT2D eigenvalue weighted by Crippen LogP contribution is -2.26. The van der Waals surface area contributed by atoms with Crippen molar-refractivity contribution in [1.82, 2.24) is 4.90 Å². The van der Waals surface area contributed by atoms with Crippen LogP contribution in [0.2, 0.25) is 0 Å². The molecule has 0 aliphatic heterocycles. The first-order chi connectivity index (χ1) is 8.40. The molecule has 4 heteroatoms. The highest BCUT2D eigenvalue weighted by molar-refractivity contribution is 5.80. The van der Waals surface area contributed by atoms with Crippen molar-refractivity contribution in [3.8, 4) is 0 Å². The quantitative estimate of drug-likeness (QED) is 0.869. The van der Waals surface area contributed by atoms with Crippen LogP contribution in [0.3, 0.4) is 0 Å². The second-order valence-electron chi connectivity index (χ2n) is 4.57. The molecule has 0 saturated heterocycles. The number of benzene rings is 1. The van der Waals surface area contributed by atoms with Crippen molar-refractivity contribution in [2.75, 3.05) is 7.05 Å². The zero-order valence-electron chi connectivity index (χ0n) is 11.1. The van der Waals surface area contributed by atoms with Crippen molar-refractivity contribution in [1.29, 1.82) is 0 Å². The van der Waals surface area contributed by atoms with Gasteiger partial charge in [-0.25, -0.2) is 0 Å². The van der Waals surface area contributed by atoms with Crippen LogP contribution < -0.4 is 0 Å². The van der Waals surface area contributed by atoms with E-state index in [1.54, 1.807) is 11.9 Å². The van der Waals surface area contributed by atoms with Gasteiger partial charge in [-0.2, -0.15) is 0 Å². The molecule has 1 N–H and O–H groups in total. The number of amides is 1. The van der Waals surface area contributed by atoms with Gasteiger partial charge in [0.05, 0.1) is 6.42 Å². The molecule has 4 nitrogen and oxygen atoms in total. The summed E-state index contributed by atoms with van der Waals surface area (Å²) >= 11 is 0. The predicted octanol–water partition coefficient (Wildman–Crippen LogP) is 2.13. The second kappa shape index (κ2) is 6.19. The Kier molecular flexibility index (Phi) is 4.89. The van der Waals surface area contributed by atoms with Gasteiger partial charge in [0.1, 0.15) is 0 Å². The van der Waals surface area contributed by atoms with Crippen molar-refractivity contribution in [3.05, 3.63) is 34.9 Å². The smallest absolute Gasteiger partial charge is 0.303 e. The predicted molar refractivity (Wildman–Crippen MR) is 69.3 cm³/mol. The summed E-state index contributed by atoms with van der Waals surface area (Å²) in [6.07, 6.45) is -0.0627. The Morgan fingerprint density at radius 1 is 1.22 bits per heavy atom. The van der Waals surface area contributed by atoms with Gasteiger partial charge in [-0.1, -0.05) is 23.8 Å². The van der Waals surface area contributed by atoms with Gasteiger partial charge in [0, 0.05) is 20.0 Å². The summed E-state index contributed by atoms with van der Waals surface area (Å²) in [7, 11) is 1.70. The van der Waals surface area contributed by atoms with Crippen molar-refractivity contribution < 1.29 is 14.7 Å². The number of hydrogen-bond donors (Lipinski definition) is 1. The molecule has 0 aliphatic carbocycles. The van der Waals surface area contributed by atoms with E-state index in [9.17, 15) is 9.59 Å². The first kappa shape index (κ1) is 14.2. The lowest BCUT2D eigenvalue weighted by molar-refractivity contribution is -0.140. The molecular formula is C14H19NO3. The van der Waals surface area contributed by atoms with E-state index in [2.05, 4.69) is 6.07 Å². The van der Waals surface area contributed by atoms with Crippen LogP contribution in [0.1, 0.15) is 29.5 Å². The molecule has 1 amide bonds. The number of carbonyl (C=O) groups is 2. The molecule has 0 bridgehead atoms. The fourth-order valence-electron chi connectivity index (χ4n) is 1.77. The first-order valence-corrected chi connectivity index (χ1v) is 5.92. The largest absolute Gasteiger partial charge is 0.481 e. The summed E-state index contributed by atoms with van der Waals surface area (Å²) in [5.41, 5.74) is 3.43. The Bertz CT molecular complexity index is 454. The summed E-state index contributed by atoms with van der Waals surface area (Å²) in [5.74, 6) is -1.08. The number of carboxylic acid groups (broad SMARTS) is 1. The van der Waals surface area contributed by atoms with E-state index >= 15 is 0 Å². The van der Waals surface area contributed by atoms with Crippen LogP contribution in [-0.4, -0.2) is 28.9 Å². The standard InChI is InChI=1S/C14H19NO3/c1-10-4-5-12(11(2)8-10)9-15(3)13(16)6-7-14(17)18/h4-5,8H,6-7,9H2,1-3H3,(H,17,18). The lowest BCUT2D eigenvalue weighted by Gasteiger charge is -2.18. The van der Waals surface area contributed by atoms with Gasteiger partial charge in [0.25, 0.3) is 0 Å². The van der Waals surface area contributed by atoms with Crippen LogP contribution in [0.25, 0.3) is 0 Å². The van der Waals surface area contributed by atoms with E-state index in [4.69, 9.17) is 5.11 Å². The average molecular weight is 249 g/mol. The SMILES string of the molecule is Cc1ccc(CN(C)C(=O)CCC(=O)O)c(C)c1. The van der Waals surface area contributed by atoms with E-state index in [0.29, 0.717) is 6.54 Å². The van der Waals surface area contributed by atoms with Crippen molar-refractivity contribution in [2.24, 2.45) is 0 Å². The molecule has 0 radical (unpaired) electrons. The minimum atomic E-state index is -0.941. The van der Waals surface area contributed by atoms with Gasteiger partial charge in [-0.15, -0.1) is 0 Å². The normalized spacial score (nSPS) is 10.2. The van der Waals surface area contributed by atoms with Gasteiger partial charge in [-0.05, 0) is 25.0 Å². The van der Waals surface area contributed by atoms with Gasteiger partial charge in [0.2, 0.25) is 5.91 Å². The van der Waals surface area contributed by atoms with Crippen LogP contribution in [0.5, 0.6) is 0 Å². The van der Waals surface area contributed by atoms with Gasteiger partial charge in [0.15, 0.2) is 0 Å². The van der Waals surface area contributed by atoms with E-state index in [0.717, 1.165) is 11.1 Å². The third-order valence-electron chi connectivity index (χ3n) is 2.88. The Balaban J connectivity index is 2.60. The molecule has 0 aromatic heterocycles. The molecule has 0 saturated carbocycles. The zero-order valence-corrected chi connectivity index (χ0v) is 11.1. The molecular weight excluding hydrogens is 230 g/mol. The minimum absolute atomic E-state index is 0.0523. The maximum Gasteiger partial charge on any atom is 0.303 e. The Morgan fingerprint density at radius 3 is 2.44 bits per heavy atom. The highest BCUT2D eigenvalue weighted by atomic mass is 16.4. The molecule has 1 rings (SSSR count). The zero-order chi connectivity index (χ0) is 13.7. The van der Waals surface area contributed by atoms with Gasteiger partial charge < -0.3 is 10.0 Å². The van der Waals surface area contributed by atoms with Gasteiger partial charge in [-0.3, -0.25) is 9.59 Å². The Morgan fingerprint density at radius 2 is 1.89 bits per heavy atom. The Hall–Kier alpha value is -1.84. The van der Waals surface area contributed by atoms with Crippen LogP contribution in [0.15, 0.2) is 18.2 Å². The third kappa shape index (κ3) is 4.20. The summed E-state index contributed by atoms with van der Waals surface area (Å²) in [6.45, 7) is 4.56. The summed E-state index contributed by atoms with van der Waals surface area (Å²) < 4.78 is 0. The maximum absolute atomic E-state index is 11.7. The molecule has 0 spiro atoms. The molecule has 0 unspecified atom stereocenters. The lowest BCUT2D eigenvalue weighted by atomic mass is 10.1. The average Bonchev–Trinajstić information content (AvgIpc) is 2.29. The summed E-state index contributed by atoms with van der Waals surface area (Å²) in [5, 5.41) is 8.54. The van der Waals surface area contributed by atoms with Crippen LogP contribution >= 0.6 is 0 Å². The highest BCUT2D eigenvalue weighted by Crippen LogP contribution is 2.13. The maximum atomic E-state index is 11.7. The van der Waals surface area contributed by atoms with E-state index < -0.39 is 5.97 Å². The van der Waals surface area contributed by atoms with Crippen molar-refractivity contribution in [2.45, 2.75) is 33.2 Å². The molecule has 0 atom stereocenters. The van der Waals surface area contributed by atoms with Crippen molar-refractivity contribution >= 4 is 11.9 Å². The van der Waals surface area contributed by atoms with Gasteiger partial charge >= 0.3 is 5.97 Å². The number of carboxylic acids is 1. The van der Waals surface area contributed by atoms with Crippen LogP contribution in [0, 0.1) is 13.8 Å². The van der Waals surface area contributed by atoms with Crippen LogP contribution in [0.4, 0.5) is 0 Å². The monoisotopic (exact) mass is 249 g/mol. The van der Waals surface area contributed by atoms with Crippen LogP contribution in [-0.2, 0) is 16.1 Å². The molecule has 0 heterocycles. The fraction of sp³-hybridized carbons (Fsp3) is 0.429. The molecule has 0 aliphatic rings. The summed E-state index contributed by atoms with van der Waals surface area (Å²) in [4.78, 5) is 23.7. The number of hydrogen-bond acceptors (Lipinski definition) is 2. The van der Waals surface area contributed by atoms with E-state index in [1.807, 2.05) is 26.0 Å². The molecule has 1 aromatic rings. The third-order valence-corrected chi connectivity index (χ3v) is 2.88. The van der Waals surface area contributed by atoms with Crippen molar-refractivity contribution in [3.63, 3.8) is 0 Å². The number of aryl methyl sites for hydroxylation is 2. The first-order valence-electron chi connectivity index (χ1n) is 5.92. The molecule has 1 aromatic carbocycles. The highest BCUT2D eigenvalue weighted by Gasteiger charge is 2.12. The second-order valence-corrected chi connectivity index (χ2v) is 4.57. The fourth-order valence-corrected chi connectivity index (χ4v) is 1.77. The summed E-state index contributed by atoms with van der Waals surface area (Å²) in [6, 6.07) is 6.09. The topological polar surface area (TPSA) is 57.6 Å².